The molecule has 1 heterocycles. The van der Waals surface area contributed by atoms with E-state index in [0.717, 1.165) is 11.1 Å². The number of amides is 1. The fourth-order valence-corrected chi connectivity index (χ4v) is 3.98. The van der Waals surface area contributed by atoms with Crippen molar-refractivity contribution in [3.63, 3.8) is 0 Å². The molecule has 11 heteroatoms. The topological polar surface area (TPSA) is 166 Å². The Bertz CT molecular complexity index is 1580. The number of benzene rings is 3. The second-order valence-corrected chi connectivity index (χ2v) is 8.72. The molecular formula is C28H26N6O5. The number of ether oxygens (including phenoxy) is 1. The molecule has 0 aliphatic heterocycles. The van der Waals surface area contributed by atoms with Gasteiger partial charge in [-0.15, -0.1) is 0 Å². The van der Waals surface area contributed by atoms with Crippen LogP contribution >= 0.6 is 0 Å². The Morgan fingerprint density at radius 2 is 1.79 bits per heavy atom. The lowest BCUT2D eigenvalue weighted by Gasteiger charge is -2.13. The summed E-state index contributed by atoms with van der Waals surface area (Å²) in [4.78, 5) is 37.3. The van der Waals surface area contributed by atoms with E-state index >= 15 is 0 Å². The van der Waals surface area contributed by atoms with Crippen molar-refractivity contribution in [2.75, 3.05) is 7.11 Å². The number of carbonyl (C=O) groups is 1. The van der Waals surface area contributed by atoms with Gasteiger partial charge in [-0.2, -0.15) is 5.10 Å². The van der Waals surface area contributed by atoms with E-state index < -0.39 is 16.4 Å². The molecule has 0 saturated carbocycles. The minimum atomic E-state index is -0.522. The number of nitrogens with one attached hydrogen (secondary N) is 2. The molecule has 0 saturated heterocycles. The van der Waals surface area contributed by atoms with E-state index in [2.05, 4.69) is 10.4 Å². The highest BCUT2D eigenvalue weighted by Crippen LogP contribution is 2.25. The van der Waals surface area contributed by atoms with Crippen LogP contribution in [-0.4, -0.2) is 33.6 Å². The van der Waals surface area contributed by atoms with E-state index in [9.17, 15) is 19.7 Å². The summed E-state index contributed by atoms with van der Waals surface area (Å²) < 4.78 is 6.43. The van der Waals surface area contributed by atoms with Gasteiger partial charge in [0.1, 0.15) is 11.6 Å². The SMILES string of the molecule is COc1ccc(Cn2ncc(-c3cccc([N+](=O)[O-])c3)c(CC(=O)NCc3ccc(C(=N)N)cc3)c2=O)cc1. The number of amidine groups is 1. The summed E-state index contributed by atoms with van der Waals surface area (Å²) in [7, 11) is 1.56. The molecule has 3 aromatic carbocycles. The average molecular weight is 527 g/mol. The summed E-state index contributed by atoms with van der Waals surface area (Å²) in [6.45, 7) is 0.365. The molecule has 4 aromatic rings. The second kappa shape index (κ2) is 11.8. The fourth-order valence-electron chi connectivity index (χ4n) is 3.98. The largest absolute Gasteiger partial charge is 0.497 e. The van der Waals surface area contributed by atoms with Crippen LogP contribution in [0, 0.1) is 15.5 Å². The summed E-state index contributed by atoms with van der Waals surface area (Å²) >= 11 is 0. The third-order valence-electron chi connectivity index (χ3n) is 6.10. The van der Waals surface area contributed by atoms with Crippen LogP contribution in [0.15, 0.2) is 83.8 Å². The van der Waals surface area contributed by atoms with Crippen molar-refractivity contribution in [1.82, 2.24) is 15.1 Å². The Morgan fingerprint density at radius 1 is 1.10 bits per heavy atom. The van der Waals surface area contributed by atoms with Crippen LogP contribution in [0.4, 0.5) is 5.69 Å². The maximum Gasteiger partial charge on any atom is 0.271 e. The maximum absolute atomic E-state index is 13.6. The van der Waals surface area contributed by atoms with Crippen molar-refractivity contribution in [2.24, 2.45) is 5.73 Å². The molecule has 0 aliphatic rings. The summed E-state index contributed by atoms with van der Waals surface area (Å²) in [6.07, 6.45) is 1.20. The third-order valence-corrected chi connectivity index (χ3v) is 6.10. The van der Waals surface area contributed by atoms with Gasteiger partial charge in [-0.3, -0.25) is 25.1 Å². The van der Waals surface area contributed by atoms with Gasteiger partial charge in [-0.1, -0.05) is 48.5 Å². The number of rotatable bonds is 10. The summed E-state index contributed by atoms with van der Waals surface area (Å²) in [5.41, 5.74) is 7.95. The number of hydrogen-bond donors (Lipinski definition) is 3. The molecule has 0 atom stereocenters. The highest BCUT2D eigenvalue weighted by atomic mass is 16.6. The minimum Gasteiger partial charge on any atom is -0.497 e. The molecule has 0 fully saturated rings. The third kappa shape index (κ3) is 6.52. The molecule has 1 amide bonds. The molecule has 4 rings (SSSR count). The van der Waals surface area contributed by atoms with Gasteiger partial charge in [0, 0.05) is 35.4 Å². The van der Waals surface area contributed by atoms with Gasteiger partial charge in [0.2, 0.25) is 5.91 Å². The van der Waals surface area contributed by atoms with E-state index in [0.29, 0.717) is 22.4 Å². The van der Waals surface area contributed by atoms with Gasteiger partial charge in [0.05, 0.1) is 31.2 Å². The summed E-state index contributed by atoms with van der Waals surface area (Å²) in [6, 6.07) is 19.9. The van der Waals surface area contributed by atoms with Crippen LogP contribution in [0.3, 0.4) is 0 Å². The Labute approximate surface area is 223 Å². The van der Waals surface area contributed by atoms with Crippen LogP contribution in [-0.2, 0) is 24.3 Å². The Balaban J connectivity index is 1.63. The highest BCUT2D eigenvalue weighted by molar-refractivity contribution is 5.94. The molecule has 0 aliphatic carbocycles. The Morgan fingerprint density at radius 3 is 2.44 bits per heavy atom. The van der Waals surface area contributed by atoms with Crippen LogP contribution in [0.5, 0.6) is 5.75 Å². The smallest absolute Gasteiger partial charge is 0.271 e. The molecule has 0 spiro atoms. The van der Waals surface area contributed by atoms with Gasteiger partial charge in [-0.25, -0.2) is 4.68 Å². The zero-order valence-electron chi connectivity index (χ0n) is 21.1. The van der Waals surface area contributed by atoms with Crippen LogP contribution < -0.4 is 21.3 Å². The van der Waals surface area contributed by atoms with E-state index in [1.165, 1.54) is 29.1 Å². The predicted molar refractivity (Wildman–Crippen MR) is 146 cm³/mol. The number of carbonyl (C=O) groups excluding carboxylic acids is 1. The number of methoxy groups -OCH3 is 1. The molecule has 1 aromatic heterocycles. The molecule has 0 radical (unpaired) electrons. The van der Waals surface area contributed by atoms with Gasteiger partial charge in [0.25, 0.3) is 11.2 Å². The standard InChI is InChI=1S/C28H26N6O5/c1-39-23-11-7-19(8-12-23)17-33-28(36)24(25(16-32-33)21-3-2-4-22(13-21)34(37)38)14-26(35)31-15-18-5-9-20(10-6-18)27(29)30/h2-13,16H,14-15,17H2,1H3,(H3,29,30)(H,31,35). The normalized spacial score (nSPS) is 10.6. The quantitative estimate of drug-likeness (QED) is 0.124. The molecule has 11 nitrogen and oxygen atoms in total. The van der Waals surface area contributed by atoms with E-state index in [4.69, 9.17) is 15.9 Å². The van der Waals surface area contributed by atoms with E-state index in [1.807, 2.05) is 12.1 Å². The summed E-state index contributed by atoms with van der Waals surface area (Å²) in [5.74, 6) is 0.216. The molecular weight excluding hydrogens is 500 g/mol. The fraction of sp³-hybridized carbons (Fsp3) is 0.143. The first kappa shape index (κ1) is 26.7. The lowest BCUT2D eigenvalue weighted by atomic mass is 10.00. The number of nitrogens with two attached hydrogens (primary N) is 1. The molecule has 198 valence electrons. The van der Waals surface area contributed by atoms with Crippen molar-refractivity contribution in [3.8, 4) is 16.9 Å². The lowest BCUT2D eigenvalue weighted by molar-refractivity contribution is -0.384. The molecule has 4 N–H and O–H groups in total. The van der Waals surface area contributed by atoms with Crippen LogP contribution in [0.2, 0.25) is 0 Å². The van der Waals surface area contributed by atoms with Gasteiger partial charge in [0.15, 0.2) is 0 Å². The molecule has 0 unspecified atom stereocenters. The van der Waals surface area contributed by atoms with Crippen molar-refractivity contribution in [3.05, 3.63) is 122 Å². The van der Waals surface area contributed by atoms with Crippen molar-refractivity contribution in [1.29, 1.82) is 5.41 Å². The Hall–Kier alpha value is -5.32. The van der Waals surface area contributed by atoms with Crippen molar-refractivity contribution < 1.29 is 14.5 Å². The van der Waals surface area contributed by atoms with Gasteiger partial charge < -0.3 is 15.8 Å². The first-order valence-corrected chi connectivity index (χ1v) is 11.9. The zero-order chi connectivity index (χ0) is 27.9. The number of aromatic nitrogens is 2. The van der Waals surface area contributed by atoms with Crippen LogP contribution in [0.25, 0.3) is 11.1 Å². The van der Waals surface area contributed by atoms with Crippen molar-refractivity contribution in [2.45, 2.75) is 19.5 Å². The number of non-ortho nitro benzene ring substituents is 1. The molecule has 0 bridgehead atoms. The number of hydrogen-bond acceptors (Lipinski definition) is 7. The van der Waals surface area contributed by atoms with Crippen molar-refractivity contribution >= 4 is 17.4 Å². The lowest BCUT2D eigenvalue weighted by Crippen LogP contribution is -2.32. The maximum atomic E-state index is 13.6. The first-order valence-electron chi connectivity index (χ1n) is 11.9. The number of nitro groups is 1. The number of nitrogens with zero attached hydrogens (tertiary/aromatic N) is 3. The number of nitrogen functional groups attached to an aromatic ring is 1. The van der Waals surface area contributed by atoms with E-state index in [1.54, 1.807) is 49.6 Å². The highest BCUT2D eigenvalue weighted by Gasteiger charge is 2.18. The van der Waals surface area contributed by atoms with Gasteiger partial charge in [-0.05, 0) is 28.8 Å². The summed E-state index contributed by atoms with van der Waals surface area (Å²) in [5, 5.41) is 25.9. The van der Waals surface area contributed by atoms with Gasteiger partial charge >= 0.3 is 0 Å². The Kier molecular flexibility index (Phi) is 8.10. The monoisotopic (exact) mass is 526 g/mol. The number of nitro benzene ring substituents is 1. The predicted octanol–water partition coefficient (Wildman–Crippen LogP) is 3.02. The van der Waals surface area contributed by atoms with Crippen LogP contribution in [0.1, 0.15) is 22.3 Å². The molecule has 39 heavy (non-hydrogen) atoms. The average Bonchev–Trinajstić information content (AvgIpc) is 2.94. The van der Waals surface area contributed by atoms with E-state index in [-0.39, 0.29) is 36.6 Å². The first-order chi connectivity index (χ1) is 18.7. The minimum absolute atomic E-state index is 0.0529. The zero-order valence-corrected chi connectivity index (χ0v) is 21.1. The second-order valence-electron chi connectivity index (χ2n) is 8.72.